The van der Waals surface area contributed by atoms with Crippen LogP contribution in [0, 0.1) is 11.3 Å². The van der Waals surface area contributed by atoms with Gasteiger partial charge in [-0.05, 0) is 30.4 Å². The molecule has 4 heteroatoms. The predicted octanol–water partition coefficient (Wildman–Crippen LogP) is 2.86. The van der Waals surface area contributed by atoms with E-state index >= 15 is 0 Å². The van der Waals surface area contributed by atoms with Crippen molar-refractivity contribution >= 4 is 11.8 Å². The van der Waals surface area contributed by atoms with E-state index in [1.807, 2.05) is 36.6 Å². The molecule has 0 N–H and O–H groups in total. The lowest BCUT2D eigenvalue weighted by atomic mass is 9.90. The van der Waals surface area contributed by atoms with Crippen molar-refractivity contribution in [3.8, 4) is 0 Å². The molecule has 1 saturated heterocycles. The average molecular weight is 328 g/mol. The molecule has 0 unspecified atom stereocenters. The lowest BCUT2D eigenvalue weighted by Gasteiger charge is -2.38. The number of rotatable bonds is 1. The Morgan fingerprint density at radius 1 is 0.958 bits per heavy atom. The maximum Gasteiger partial charge on any atom is 0.227 e. The van der Waals surface area contributed by atoms with E-state index in [-0.39, 0.29) is 23.1 Å². The van der Waals surface area contributed by atoms with E-state index in [0.29, 0.717) is 13.1 Å². The largest absolute Gasteiger partial charge is 0.342 e. The number of benzene rings is 1. The van der Waals surface area contributed by atoms with Crippen molar-refractivity contribution in [2.75, 3.05) is 19.6 Å². The van der Waals surface area contributed by atoms with Gasteiger partial charge in [0, 0.05) is 37.5 Å². The zero-order chi connectivity index (χ0) is 17.3. The molecule has 1 fully saturated rings. The van der Waals surface area contributed by atoms with Crippen molar-refractivity contribution in [3.05, 3.63) is 35.4 Å². The fourth-order valence-electron chi connectivity index (χ4n) is 3.75. The lowest BCUT2D eigenvalue weighted by Crippen LogP contribution is -2.48. The van der Waals surface area contributed by atoms with Crippen LogP contribution in [-0.4, -0.2) is 41.2 Å². The first kappa shape index (κ1) is 17.0. The number of likely N-dealkylation sites (tertiary alicyclic amines) is 1. The summed E-state index contributed by atoms with van der Waals surface area (Å²) >= 11 is 0. The molecule has 0 radical (unpaired) electrons. The maximum atomic E-state index is 12.9. The molecule has 2 amide bonds. The third-order valence-corrected chi connectivity index (χ3v) is 5.22. The Hall–Kier alpha value is -1.84. The van der Waals surface area contributed by atoms with Gasteiger partial charge in [0.25, 0.3) is 0 Å². The molecule has 3 rings (SSSR count). The molecular weight excluding hydrogens is 300 g/mol. The Bertz CT molecular complexity index is 625. The van der Waals surface area contributed by atoms with Crippen LogP contribution in [-0.2, 0) is 22.6 Å². The molecule has 0 aliphatic carbocycles. The van der Waals surface area contributed by atoms with E-state index in [9.17, 15) is 9.59 Å². The molecular formula is C20H28N2O2. The van der Waals surface area contributed by atoms with Gasteiger partial charge in [-0.1, -0.05) is 45.0 Å². The van der Waals surface area contributed by atoms with Gasteiger partial charge in [0.05, 0.1) is 0 Å². The highest BCUT2D eigenvalue weighted by atomic mass is 16.2. The van der Waals surface area contributed by atoms with Crippen LogP contribution in [0.25, 0.3) is 0 Å². The monoisotopic (exact) mass is 328 g/mol. The second-order valence-electron chi connectivity index (χ2n) is 8.09. The molecule has 4 nitrogen and oxygen atoms in total. The van der Waals surface area contributed by atoms with E-state index in [1.54, 1.807) is 0 Å². The van der Waals surface area contributed by atoms with Gasteiger partial charge in [0.1, 0.15) is 0 Å². The summed E-state index contributed by atoms with van der Waals surface area (Å²) in [4.78, 5) is 29.2. The minimum absolute atomic E-state index is 0.0688. The Kier molecular flexibility index (Phi) is 4.66. The van der Waals surface area contributed by atoms with Gasteiger partial charge in [0.15, 0.2) is 0 Å². The molecule has 2 heterocycles. The normalized spacial score (nSPS) is 19.1. The summed E-state index contributed by atoms with van der Waals surface area (Å²) in [6.07, 6.45) is 2.53. The second kappa shape index (κ2) is 6.58. The van der Waals surface area contributed by atoms with Crippen molar-refractivity contribution < 1.29 is 9.59 Å². The highest BCUT2D eigenvalue weighted by molar-refractivity contribution is 5.83. The van der Waals surface area contributed by atoms with Crippen LogP contribution in [0.15, 0.2) is 24.3 Å². The fourth-order valence-corrected chi connectivity index (χ4v) is 3.75. The van der Waals surface area contributed by atoms with Crippen LogP contribution in [0.5, 0.6) is 0 Å². The van der Waals surface area contributed by atoms with Crippen molar-refractivity contribution in [1.29, 1.82) is 0 Å². The van der Waals surface area contributed by atoms with Gasteiger partial charge in [-0.25, -0.2) is 0 Å². The standard InChI is InChI=1S/C20H28N2O2/c1-20(2,3)19(24)21-11-9-16(10-12-21)18(23)22-13-8-15-6-4-5-7-17(15)14-22/h4-7,16H,8-14H2,1-3H3. The summed E-state index contributed by atoms with van der Waals surface area (Å²) in [6.45, 7) is 8.83. The molecule has 0 atom stereocenters. The lowest BCUT2D eigenvalue weighted by molar-refractivity contribution is -0.145. The van der Waals surface area contributed by atoms with Gasteiger partial charge in [0.2, 0.25) is 11.8 Å². The number of hydrogen-bond acceptors (Lipinski definition) is 2. The van der Waals surface area contributed by atoms with Crippen LogP contribution >= 0.6 is 0 Å². The molecule has 0 saturated carbocycles. The second-order valence-corrected chi connectivity index (χ2v) is 8.09. The number of hydrogen-bond donors (Lipinski definition) is 0. The third kappa shape index (κ3) is 3.47. The summed E-state index contributed by atoms with van der Waals surface area (Å²) in [7, 11) is 0. The Morgan fingerprint density at radius 2 is 1.58 bits per heavy atom. The molecule has 130 valence electrons. The first-order chi connectivity index (χ1) is 11.4. The number of fused-ring (bicyclic) bond motifs is 1. The summed E-state index contributed by atoms with van der Waals surface area (Å²) in [6, 6.07) is 8.40. The van der Waals surface area contributed by atoms with E-state index in [1.165, 1.54) is 11.1 Å². The van der Waals surface area contributed by atoms with Gasteiger partial charge >= 0.3 is 0 Å². The average Bonchev–Trinajstić information content (AvgIpc) is 2.59. The van der Waals surface area contributed by atoms with Crippen LogP contribution in [0.2, 0.25) is 0 Å². The highest BCUT2D eigenvalue weighted by Gasteiger charge is 2.34. The highest BCUT2D eigenvalue weighted by Crippen LogP contribution is 2.27. The summed E-state index contributed by atoms with van der Waals surface area (Å²) in [5, 5.41) is 0. The van der Waals surface area contributed by atoms with Crippen LogP contribution in [0.3, 0.4) is 0 Å². The Balaban J connectivity index is 1.57. The first-order valence-electron chi connectivity index (χ1n) is 9.01. The minimum Gasteiger partial charge on any atom is -0.342 e. The topological polar surface area (TPSA) is 40.6 Å². The SMILES string of the molecule is CC(C)(C)C(=O)N1CCC(C(=O)N2CCc3ccccc3C2)CC1. The van der Waals surface area contributed by atoms with Crippen LogP contribution in [0.1, 0.15) is 44.7 Å². The van der Waals surface area contributed by atoms with Crippen molar-refractivity contribution in [2.24, 2.45) is 11.3 Å². The van der Waals surface area contributed by atoms with Crippen molar-refractivity contribution in [2.45, 2.75) is 46.6 Å². The molecule has 2 aliphatic heterocycles. The van der Waals surface area contributed by atoms with E-state index in [4.69, 9.17) is 0 Å². The predicted molar refractivity (Wildman–Crippen MR) is 94.3 cm³/mol. The summed E-state index contributed by atoms with van der Waals surface area (Å²) in [5.41, 5.74) is 2.30. The molecule has 1 aromatic carbocycles. The smallest absolute Gasteiger partial charge is 0.227 e. The number of piperidine rings is 1. The quantitative estimate of drug-likeness (QED) is 0.795. The third-order valence-electron chi connectivity index (χ3n) is 5.22. The molecule has 0 aromatic heterocycles. The van der Waals surface area contributed by atoms with Gasteiger partial charge < -0.3 is 9.80 Å². The van der Waals surface area contributed by atoms with Crippen LogP contribution < -0.4 is 0 Å². The summed E-state index contributed by atoms with van der Waals surface area (Å²) < 4.78 is 0. The maximum absolute atomic E-state index is 12.9. The van der Waals surface area contributed by atoms with Crippen LogP contribution in [0.4, 0.5) is 0 Å². The molecule has 0 spiro atoms. The van der Waals surface area contributed by atoms with Gasteiger partial charge in [-0.2, -0.15) is 0 Å². The number of amides is 2. The van der Waals surface area contributed by atoms with E-state index in [0.717, 1.165) is 32.4 Å². The van der Waals surface area contributed by atoms with E-state index < -0.39 is 0 Å². The summed E-state index contributed by atoms with van der Waals surface area (Å²) in [5.74, 6) is 0.534. The van der Waals surface area contributed by atoms with E-state index in [2.05, 4.69) is 18.2 Å². The molecule has 24 heavy (non-hydrogen) atoms. The van der Waals surface area contributed by atoms with Crippen molar-refractivity contribution in [3.63, 3.8) is 0 Å². The zero-order valence-electron chi connectivity index (χ0n) is 15.0. The Labute approximate surface area is 144 Å². The number of nitrogens with zero attached hydrogens (tertiary/aromatic N) is 2. The Morgan fingerprint density at radius 3 is 2.21 bits per heavy atom. The molecule has 1 aromatic rings. The molecule has 2 aliphatic rings. The first-order valence-corrected chi connectivity index (χ1v) is 9.01. The zero-order valence-corrected chi connectivity index (χ0v) is 15.0. The minimum atomic E-state index is -0.340. The number of carbonyl (C=O) groups is 2. The van der Waals surface area contributed by atoms with Gasteiger partial charge in [-0.3, -0.25) is 9.59 Å². The number of carbonyl (C=O) groups excluding carboxylic acids is 2. The van der Waals surface area contributed by atoms with Gasteiger partial charge in [-0.15, -0.1) is 0 Å². The van der Waals surface area contributed by atoms with Crippen molar-refractivity contribution in [1.82, 2.24) is 9.80 Å². The fraction of sp³-hybridized carbons (Fsp3) is 0.600. The molecule has 0 bridgehead atoms.